The molecular formula is C19H28N2O3. The molecule has 1 aromatic carbocycles. The van der Waals surface area contributed by atoms with Crippen LogP contribution in [0.15, 0.2) is 24.3 Å². The number of nitrogens with one attached hydrogen (secondary N) is 2. The van der Waals surface area contributed by atoms with E-state index in [0.717, 1.165) is 43.8 Å². The number of anilines is 1. The number of hydrogen-bond acceptors (Lipinski definition) is 3. The second-order valence-corrected chi connectivity index (χ2v) is 6.43. The molecule has 1 aromatic rings. The summed E-state index contributed by atoms with van der Waals surface area (Å²) in [4.78, 5) is 24.0. The SMILES string of the molecule is CCCOc1ccc(NC(=O)C(=O)NC2CCC(CC)CC2)cc1. The van der Waals surface area contributed by atoms with Gasteiger partial charge >= 0.3 is 11.8 Å². The molecule has 1 aliphatic carbocycles. The molecule has 5 heteroatoms. The van der Waals surface area contributed by atoms with Crippen molar-refractivity contribution in [2.75, 3.05) is 11.9 Å². The molecule has 24 heavy (non-hydrogen) atoms. The summed E-state index contributed by atoms with van der Waals surface area (Å²) in [7, 11) is 0. The van der Waals surface area contributed by atoms with Crippen LogP contribution in [0.5, 0.6) is 5.75 Å². The fraction of sp³-hybridized carbons (Fsp3) is 0.579. The normalized spacial score (nSPS) is 20.2. The Kier molecular flexibility index (Phi) is 7.09. The minimum Gasteiger partial charge on any atom is -0.494 e. The number of hydrogen-bond donors (Lipinski definition) is 2. The third-order valence-electron chi connectivity index (χ3n) is 4.55. The summed E-state index contributed by atoms with van der Waals surface area (Å²) in [5.41, 5.74) is 0.591. The lowest BCUT2D eigenvalue weighted by Crippen LogP contribution is -2.43. The highest BCUT2D eigenvalue weighted by molar-refractivity contribution is 6.39. The molecule has 0 spiro atoms. The van der Waals surface area contributed by atoms with E-state index >= 15 is 0 Å². The predicted octanol–water partition coefficient (Wildman–Crippen LogP) is 3.50. The Labute approximate surface area is 144 Å². The highest BCUT2D eigenvalue weighted by atomic mass is 16.5. The Morgan fingerprint density at radius 1 is 1.04 bits per heavy atom. The molecule has 0 aliphatic heterocycles. The smallest absolute Gasteiger partial charge is 0.313 e. The molecule has 132 valence electrons. The maximum absolute atomic E-state index is 12.0. The number of carbonyl (C=O) groups is 2. The van der Waals surface area contributed by atoms with E-state index < -0.39 is 11.8 Å². The van der Waals surface area contributed by atoms with E-state index in [2.05, 4.69) is 17.6 Å². The second kappa shape index (κ2) is 9.30. The van der Waals surface area contributed by atoms with Crippen LogP contribution in [-0.4, -0.2) is 24.5 Å². The Balaban J connectivity index is 1.78. The second-order valence-electron chi connectivity index (χ2n) is 6.43. The van der Waals surface area contributed by atoms with Crippen LogP contribution < -0.4 is 15.4 Å². The van der Waals surface area contributed by atoms with Crippen molar-refractivity contribution in [1.29, 1.82) is 0 Å². The standard InChI is InChI=1S/C19H28N2O3/c1-3-13-24-17-11-9-16(10-12-17)21-19(23)18(22)20-15-7-5-14(4-2)6-8-15/h9-12,14-15H,3-8,13H2,1-2H3,(H,20,22)(H,21,23). The van der Waals surface area contributed by atoms with Gasteiger partial charge in [-0.25, -0.2) is 0 Å². The summed E-state index contributed by atoms with van der Waals surface area (Å²) in [5, 5.41) is 5.48. The molecule has 0 radical (unpaired) electrons. The lowest BCUT2D eigenvalue weighted by atomic mass is 9.84. The number of amides is 2. The van der Waals surface area contributed by atoms with Gasteiger partial charge in [-0.3, -0.25) is 9.59 Å². The van der Waals surface area contributed by atoms with Crippen molar-refractivity contribution < 1.29 is 14.3 Å². The zero-order valence-electron chi connectivity index (χ0n) is 14.6. The first-order valence-electron chi connectivity index (χ1n) is 8.97. The van der Waals surface area contributed by atoms with Crippen LogP contribution in [0.4, 0.5) is 5.69 Å². The fourth-order valence-electron chi connectivity index (χ4n) is 3.01. The first-order valence-corrected chi connectivity index (χ1v) is 8.97. The van der Waals surface area contributed by atoms with Gasteiger partial charge in [-0.2, -0.15) is 0 Å². The van der Waals surface area contributed by atoms with Gasteiger partial charge in [-0.05, 0) is 62.3 Å². The van der Waals surface area contributed by atoms with Crippen molar-refractivity contribution >= 4 is 17.5 Å². The van der Waals surface area contributed by atoms with Crippen molar-refractivity contribution in [3.8, 4) is 5.75 Å². The molecule has 0 bridgehead atoms. The van der Waals surface area contributed by atoms with Crippen LogP contribution in [0.1, 0.15) is 52.4 Å². The molecule has 0 unspecified atom stereocenters. The first-order chi connectivity index (χ1) is 11.6. The minimum atomic E-state index is -0.616. The summed E-state index contributed by atoms with van der Waals surface area (Å²) < 4.78 is 5.49. The quantitative estimate of drug-likeness (QED) is 0.784. The molecule has 1 aliphatic rings. The van der Waals surface area contributed by atoms with Crippen LogP contribution in [0.2, 0.25) is 0 Å². The van der Waals surface area contributed by atoms with Crippen LogP contribution in [0.25, 0.3) is 0 Å². The third kappa shape index (κ3) is 5.55. The van der Waals surface area contributed by atoms with Gasteiger partial charge in [0.1, 0.15) is 5.75 Å². The van der Waals surface area contributed by atoms with Crippen molar-refractivity contribution in [3.63, 3.8) is 0 Å². The Hall–Kier alpha value is -2.04. The van der Waals surface area contributed by atoms with Crippen molar-refractivity contribution in [3.05, 3.63) is 24.3 Å². The fourth-order valence-corrected chi connectivity index (χ4v) is 3.01. The third-order valence-corrected chi connectivity index (χ3v) is 4.55. The predicted molar refractivity (Wildman–Crippen MR) is 95.0 cm³/mol. The van der Waals surface area contributed by atoms with Gasteiger partial charge in [0.15, 0.2) is 0 Å². The molecule has 0 atom stereocenters. The van der Waals surface area contributed by atoms with Gasteiger partial charge in [0, 0.05) is 11.7 Å². The van der Waals surface area contributed by atoms with Crippen LogP contribution in [0.3, 0.4) is 0 Å². The highest BCUT2D eigenvalue weighted by Crippen LogP contribution is 2.26. The highest BCUT2D eigenvalue weighted by Gasteiger charge is 2.23. The number of ether oxygens (including phenoxy) is 1. The van der Waals surface area contributed by atoms with Gasteiger partial charge in [-0.15, -0.1) is 0 Å². The Morgan fingerprint density at radius 3 is 2.29 bits per heavy atom. The molecule has 1 saturated carbocycles. The molecule has 1 fully saturated rings. The lowest BCUT2D eigenvalue weighted by molar-refractivity contribution is -0.136. The molecular weight excluding hydrogens is 304 g/mol. The monoisotopic (exact) mass is 332 g/mol. The van der Waals surface area contributed by atoms with E-state index in [1.165, 1.54) is 6.42 Å². The summed E-state index contributed by atoms with van der Waals surface area (Å²) >= 11 is 0. The number of carbonyl (C=O) groups excluding carboxylic acids is 2. The Bertz CT molecular complexity index is 534. The number of rotatable bonds is 6. The maximum atomic E-state index is 12.0. The summed E-state index contributed by atoms with van der Waals surface area (Å²) in [6, 6.07) is 7.17. The lowest BCUT2D eigenvalue weighted by Gasteiger charge is -2.28. The topological polar surface area (TPSA) is 67.4 Å². The van der Waals surface area contributed by atoms with Gasteiger partial charge in [0.25, 0.3) is 0 Å². The average molecular weight is 332 g/mol. The van der Waals surface area contributed by atoms with Crippen LogP contribution >= 0.6 is 0 Å². The van der Waals surface area contributed by atoms with E-state index in [1.54, 1.807) is 24.3 Å². The van der Waals surface area contributed by atoms with Crippen molar-refractivity contribution in [2.45, 2.75) is 58.4 Å². The molecule has 5 nitrogen and oxygen atoms in total. The van der Waals surface area contributed by atoms with Gasteiger partial charge < -0.3 is 15.4 Å². The summed E-state index contributed by atoms with van der Waals surface area (Å²) in [5.74, 6) is 0.350. The van der Waals surface area contributed by atoms with E-state index in [4.69, 9.17) is 4.74 Å². The minimum absolute atomic E-state index is 0.121. The molecule has 2 N–H and O–H groups in total. The van der Waals surface area contributed by atoms with E-state index in [1.807, 2.05) is 6.92 Å². The van der Waals surface area contributed by atoms with E-state index in [0.29, 0.717) is 12.3 Å². The zero-order valence-corrected chi connectivity index (χ0v) is 14.6. The number of benzene rings is 1. The first kappa shape index (κ1) is 18.3. The molecule has 2 amide bonds. The van der Waals surface area contributed by atoms with Gasteiger partial charge in [0.2, 0.25) is 0 Å². The molecule has 0 saturated heterocycles. The molecule has 0 heterocycles. The molecule has 0 aromatic heterocycles. The van der Waals surface area contributed by atoms with Gasteiger partial charge in [0.05, 0.1) is 6.61 Å². The van der Waals surface area contributed by atoms with E-state index in [-0.39, 0.29) is 6.04 Å². The zero-order chi connectivity index (χ0) is 17.4. The largest absolute Gasteiger partial charge is 0.494 e. The van der Waals surface area contributed by atoms with Crippen LogP contribution in [-0.2, 0) is 9.59 Å². The van der Waals surface area contributed by atoms with Crippen LogP contribution in [0, 0.1) is 5.92 Å². The maximum Gasteiger partial charge on any atom is 0.313 e. The average Bonchev–Trinajstić information content (AvgIpc) is 2.61. The van der Waals surface area contributed by atoms with Crippen molar-refractivity contribution in [2.24, 2.45) is 5.92 Å². The van der Waals surface area contributed by atoms with E-state index in [9.17, 15) is 9.59 Å². The Morgan fingerprint density at radius 2 is 1.71 bits per heavy atom. The summed E-state index contributed by atoms with van der Waals surface area (Å²) in [6.07, 6.45) is 6.31. The van der Waals surface area contributed by atoms with Crippen molar-refractivity contribution in [1.82, 2.24) is 5.32 Å². The molecule has 2 rings (SSSR count). The summed E-state index contributed by atoms with van der Waals surface area (Å²) in [6.45, 7) is 4.91. The van der Waals surface area contributed by atoms with Gasteiger partial charge in [-0.1, -0.05) is 20.3 Å².